The van der Waals surface area contributed by atoms with Crippen molar-refractivity contribution in [3.8, 4) is 22.6 Å². The lowest BCUT2D eigenvalue weighted by Gasteiger charge is -2.15. The minimum absolute atomic E-state index is 0.00543. The summed E-state index contributed by atoms with van der Waals surface area (Å²) in [7, 11) is 0. The van der Waals surface area contributed by atoms with E-state index in [1.54, 1.807) is 18.2 Å². The lowest BCUT2D eigenvalue weighted by Crippen LogP contribution is -2.14. The second-order valence-corrected chi connectivity index (χ2v) is 9.65. The Labute approximate surface area is 242 Å². The fraction of sp³-hybridized carbons (Fsp3) is 0.185. The van der Waals surface area contributed by atoms with Crippen molar-refractivity contribution in [2.45, 2.75) is 31.9 Å². The Balaban J connectivity index is 1.68. The molecule has 0 radical (unpaired) electrons. The van der Waals surface area contributed by atoms with Crippen LogP contribution in [-0.2, 0) is 18.9 Å². The highest BCUT2D eigenvalue weighted by molar-refractivity contribution is 6.33. The van der Waals surface area contributed by atoms with Crippen LogP contribution in [0, 0.1) is 0 Å². The van der Waals surface area contributed by atoms with Crippen LogP contribution in [0.2, 0.25) is 5.02 Å². The Morgan fingerprint density at radius 2 is 1.65 bits per heavy atom. The number of hydrogen-bond donors (Lipinski definition) is 1. The average molecular weight is 623 g/mol. The zero-order valence-corrected chi connectivity index (χ0v) is 22.4. The Morgan fingerprint density at radius 1 is 1.02 bits per heavy atom. The van der Waals surface area contributed by atoms with Gasteiger partial charge in [-0.15, -0.1) is 5.10 Å². The van der Waals surface area contributed by atoms with Crippen molar-refractivity contribution < 1.29 is 40.8 Å². The quantitative estimate of drug-likeness (QED) is 0.163. The number of aliphatic hydroxyl groups is 1. The maximum absolute atomic E-state index is 14.1. The fourth-order valence-electron chi connectivity index (χ4n) is 4.32. The minimum Gasteiger partial charge on any atom is -0.387 e. The molecule has 16 heteroatoms. The van der Waals surface area contributed by atoms with E-state index in [1.165, 1.54) is 31.7 Å². The van der Waals surface area contributed by atoms with Gasteiger partial charge in [-0.3, -0.25) is 4.79 Å². The average Bonchev–Trinajstić information content (AvgIpc) is 3.57. The highest BCUT2D eigenvalue weighted by Crippen LogP contribution is 2.38. The van der Waals surface area contributed by atoms with Gasteiger partial charge in [0.25, 0.3) is 0 Å². The SMILES string of the molecule is CC(O)c1noc(-c2ccccc2Cl)c1C(=O)c1nnn(Cc2cc(C(F)(F)F)cc(C(F)(F)F)c2)c1-c1cncnc1. The van der Waals surface area contributed by atoms with E-state index < -0.39 is 53.2 Å². The van der Waals surface area contributed by atoms with E-state index in [0.29, 0.717) is 12.1 Å². The van der Waals surface area contributed by atoms with Crippen molar-refractivity contribution >= 4 is 17.4 Å². The summed E-state index contributed by atoms with van der Waals surface area (Å²) in [5, 5.41) is 22.2. The largest absolute Gasteiger partial charge is 0.416 e. The van der Waals surface area contributed by atoms with Crippen LogP contribution in [0.15, 0.2) is 65.7 Å². The first-order chi connectivity index (χ1) is 20.3. The molecule has 5 rings (SSSR count). The summed E-state index contributed by atoms with van der Waals surface area (Å²) in [4.78, 5) is 21.8. The number of hydrogen-bond acceptors (Lipinski definition) is 8. The van der Waals surface area contributed by atoms with E-state index in [0.717, 1.165) is 4.68 Å². The first kappa shape index (κ1) is 29.8. The molecule has 1 unspecified atom stereocenters. The van der Waals surface area contributed by atoms with E-state index in [9.17, 15) is 36.2 Å². The third-order valence-electron chi connectivity index (χ3n) is 6.22. The van der Waals surface area contributed by atoms with Gasteiger partial charge in [-0.25, -0.2) is 14.6 Å². The van der Waals surface area contributed by atoms with Crippen LogP contribution in [0.3, 0.4) is 0 Å². The van der Waals surface area contributed by atoms with Crippen LogP contribution in [0.1, 0.15) is 51.5 Å². The van der Waals surface area contributed by atoms with E-state index in [1.807, 2.05) is 0 Å². The standard InChI is InChI=1S/C27H17ClF6N6O3/c1-13(41)21-20(25(43-38-21)18-4-2-3-5-19(18)28)24(42)22-23(15-9-35-12-36-10-15)40(39-37-22)11-14-6-16(26(29,30)31)8-17(7-14)27(32,33)34/h2-10,12-13,41H,11H2,1H3. The van der Waals surface area contributed by atoms with Gasteiger partial charge in [0.05, 0.1) is 34.4 Å². The van der Waals surface area contributed by atoms with Crippen molar-refractivity contribution in [1.82, 2.24) is 30.1 Å². The first-order valence-corrected chi connectivity index (χ1v) is 12.6. The predicted octanol–water partition coefficient (Wildman–Crippen LogP) is 6.41. The molecule has 2 aromatic carbocycles. The topological polar surface area (TPSA) is 120 Å². The van der Waals surface area contributed by atoms with Crippen LogP contribution < -0.4 is 0 Å². The zero-order valence-electron chi connectivity index (χ0n) is 21.7. The summed E-state index contributed by atoms with van der Waals surface area (Å²) in [6.07, 6.45) is -7.77. The summed E-state index contributed by atoms with van der Waals surface area (Å²) in [5.74, 6) is -0.985. The van der Waals surface area contributed by atoms with Gasteiger partial charge in [0.1, 0.15) is 17.7 Å². The van der Waals surface area contributed by atoms with Gasteiger partial charge < -0.3 is 9.63 Å². The second kappa shape index (κ2) is 11.2. The molecule has 9 nitrogen and oxygen atoms in total. The molecule has 0 bridgehead atoms. The maximum atomic E-state index is 14.1. The van der Waals surface area contributed by atoms with E-state index in [-0.39, 0.29) is 44.9 Å². The van der Waals surface area contributed by atoms with Crippen molar-refractivity contribution in [3.63, 3.8) is 0 Å². The smallest absolute Gasteiger partial charge is 0.387 e. The number of ketones is 1. The second-order valence-electron chi connectivity index (χ2n) is 9.24. The summed E-state index contributed by atoms with van der Waals surface area (Å²) in [6.45, 7) is 0.682. The van der Waals surface area contributed by atoms with Gasteiger partial charge >= 0.3 is 12.4 Å². The molecule has 0 aliphatic heterocycles. The number of aliphatic hydroxyl groups excluding tert-OH is 1. The molecule has 0 aliphatic rings. The molecule has 0 saturated heterocycles. The van der Waals surface area contributed by atoms with Crippen LogP contribution >= 0.6 is 11.6 Å². The molecule has 0 amide bonds. The van der Waals surface area contributed by atoms with Gasteiger partial charge in [-0.1, -0.05) is 34.1 Å². The Kier molecular flexibility index (Phi) is 7.79. The lowest BCUT2D eigenvalue weighted by molar-refractivity contribution is -0.143. The third kappa shape index (κ3) is 5.99. The molecular weight excluding hydrogens is 606 g/mol. The number of halogens is 7. The summed E-state index contributed by atoms with van der Waals surface area (Å²) < 4.78 is 87.3. The molecule has 0 fully saturated rings. The van der Waals surface area contributed by atoms with Gasteiger partial charge in [-0.2, -0.15) is 26.3 Å². The molecule has 0 aliphatic carbocycles. The number of carbonyl (C=O) groups is 1. The molecule has 0 saturated carbocycles. The third-order valence-corrected chi connectivity index (χ3v) is 6.55. The number of carbonyl (C=O) groups excluding carboxylic acids is 1. The van der Waals surface area contributed by atoms with E-state index in [2.05, 4.69) is 25.4 Å². The predicted molar refractivity (Wildman–Crippen MR) is 138 cm³/mol. The van der Waals surface area contributed by atoms with Crippen LogP contribution in [0.5, 0.6) is 0 Å². The Morgan fingerprint density at radius 3 is 2.23 bits per heavy atom. The van der Waals surface area contributed by atoms with Crippen molar-refractivity contribution in [2.75, 3.05) is 0 Å². The molecule has 0 spiro atoms. The molecule has 5 aromatic rings. The number of nitrogens with zero attached hydrogens (tertiary/aromatic N) is 6. The van der Waals surface area contributed by atoms with Gasteiger partial charge in [0.2, 0.25) is 5.78 Å². The molecule has 1 atom stereocenters. The van der Waals surface area contributed by atoms with E-state index >= 15 is 0 Å². The number of alkyl halides is 6. The monoisotopic (exact) mass is 622 g/mol. The molecular formula is C27H17ClF6N6O3. The minimum atomic E-state index is -5.07. The van der Waals surface area contributed by atoms with E-state index in [4.69, 9.17) is 16.1 Å². The van der Waals surface area contributed by atoms with Gasteiger partial charge in [-0.05, 0) is 42.8 Å². The van der Waals surface area contributed by atoms with Gasteiger partial charge in [0.15, 0.2) is 11.5 Å². The Hall–Kier alpha value is -4.63. The van der Waals surface area contributed by atoms with Crippen molar-refractivity contribution in [2.24, 2.45) is 0 Å². The zero-order chi connectivity index (χ0) is 31.1. The summed E-state index contributed by atoms with van der Waals surface area (Å²) in [6, 6.07) is 7.42. The summed E-state index contributed by atoms with van der Waals surface area (Å²) in [5.41, 5.74) is -4.00. The number of rotatable bonds is 7. The first-order valence-electron chi connectivity index (χ1n) is 12.2. The summed E-state index contributed by atoms with van der Waals surface area (Å²) >= 11 is 6.31. The highest BCUT2D eigenvalue weighted by Gasteiger charge is 2.37. The Bertz CT molecular complexity index is 1770. The van der Waals surface area contributed by atoms with Crippen LogP contribution in [-0.4, -0.2) is 41.0 Å². The fourth-order valence-corrected chi connectivity index (χ4v) is 4.54. The normalized spacial score (nSPS) is 12.9. The van der Waals surface area contributed by atoms with Crippen molar-refractivity contribution in [3.05, 3.63) is 99.8 Å². The van der Waals surface area contributed by atoms with Crippen molar-refractivity contribution in [1.29, 1.82) is 0 Å². The molecule has 3 heterocycles. The van der Waals surface area contributed by atoms with Gasteiger partial charge in [0, 0.05) is 23.5 Å². The molecule has 3 aromatic heterocycles. The maximum Gasteiger partial charge on any atom is 0.416 e. The molecule has 43 heavy (non-hydrogen) atoms. The van der Waals surface area contributed by atoms with Crippen LogP contribution in [0.4, 0.5) is 26.3 Å². The molecule has 222 valence electrons. The van der Waals surface area contributed by atoms with Crippen LogP contribution in [0.25, 0.3) is 22.6 Å². The number of benzene rings is 2. The lowest BCUT2D eigenvalue weighted by atomic mass is 9.97. The highest BCUT2D eigenvalue weighted by atomic mass is 35.5. The number of aromatic nitrogens is 6. The molecule has 1 N–H and O–H groups in total.